The Balaban J connectivity index is 1.64. The van der Waals surface area contributed by atoms with E-state index in [9.17, 15) is 4.79 Å². The first-order chi connectivity index (χ1) is 12.7. The van der Waals surface area contributed by atoms with E-state index in [4.69, 9.17) is 0 Å². The summed E-state index contributed by atoms with van der Waals surface area (Å²) < 4.78 is 0. The number of hydrogen-bond donors (Lipinski definition) is 3. The van der Waals surface area contributed by atoms with Crippen LogP contribution in [0.2, 0.25) is 0 Å². The van der Waals surface area contributed by atoms with E-state index in [0.29, 0.717) is 18.1 Å². The number of H-pyrrole nitrogens is 1. The Morgan fingerprint density at radius 3 is 2.62 bits per heavy atom. The van der Waals surface area contributed by atoms with E-state index in [1.54, 1.807) is 7.05 Å². The van der Waals surface area contributed by atoms with E-state index in [2.05, 4.69) is 31.0 Å². The van der Waals surface area contributed by atoms with Crippen molar-refractivity contribution in [2.45, 2.75) is 0 Å². The van der Waals surface area contributed by atoms with Crippen molar-refractivity contribution in [1.29, 1.82) is 0 Å². The molecule has 5 rings (SSSR count). The second-order valence-electron chi connectivity index (χ2n) is 6.14. The van der Waals surface area contributed by atoms with Crippen molar-refractivity contribution in [3.05, 3.63) is 48.0 Å². The molecule has 0 aliphatic carbocycles. The number of hydrogen-bond acceptors (Lipinski definition) is 5. The molecule has 3 N–H and O–H groups in total. The topological polar surface area (TPSA) is 101 Å². The smallest absolute Gasteiger partial charge is 0.253 e. The lowest BCUT2D eigenvalue weighted by Crippen LogP contribution is -2.26. The molecule has 0 spiro atoms. The van der Waals surface area contributed by atoms with Gasteiger partial charge in [-0.05, 0) is 17.3 Å². The Bertz CT molecular complexity index is 1140. The molecule has 0 saturated carbocycles. The summed E-state index contributed by atoms with van der Waals surface area (Å²) in [6.45, 7) is 0.384. The zero-order valence-corrected chi connectivity index (χ0v) is 13.9. The van der Waals surface area contributed by atoms with Crippen molar-refractivity contribution in [3.8, 4) is 22.6 Å². The minimum Gasteiger partial charge on any atom is -0.366 e. The van der Waals surface area contributed by atoms with E-state index in [-0.39, 0.29) is 5.91 Å². The van der Waals surface area contributed by atoms with Gasteiger partial charge in [0.1, 0.15) is 0 Å². The molecule has 3 heterocycles. The van der Waals surface area contributed by atoms with Gasteiger partial charge in [0.15, 0.2) is 0 Å². The fraction of sp³-hybridized carbons (Fsp3) is 0.111. The van der Waals surface area contributed by atoms with Crippen molar-refractivity contribution in [2.75, 3.05) is 12.0 Å². The maximum Gasteiger partial charge on any atom is 0.253 e. The molecule has 8 nitrogen and oxygen atoms in total. The Hall–Kier alpha value is -3.68. The number of nitrogens with zero attached hydrogens (tertiary/aromatic N) is 4. The molecule has 128 valence electrons. The standard InChI is InChI=1S/C18H15N7O/c1-25-23-17(22-24-25)11-7-5-10(6-8-11)15-16-14-12(18(26)20-9-19-16)3-2-4-13(14)21-15/h2-8,19,21H,9H2,1H3,(H,20,26). The summed E-state index contributed by atoms with van der Waals surface area (Å²) >= 11 is 0. The molecule has 0 bridgehead atoms. The van der Waals surface area contributed by atoms with Crippen molar-refractivity contribution in [3.63, 3.8) is 0 Å². The van der Waals surface area contributed by atoms with Crippen molar-refractivity contribution in [1.82, 2.24) is 30.5 Å². The summed E-state index contributed by atoms with van der Waals surface area (Å²) in [7, 11) is 1.74. The summed E-state index contributed by atoms with van der Waals surface area (Å²) in [5.74, 6) is 0.514. The molecule has 8 heteroatoms. The van der Waals surface area contributed by atoms with Crippen molar-refractivity contribution < 1.29 is 4.79 Å². The largest absolute Gasteiger partial charge is 0.366 e. The summed E-state index contributed by atoms with van der Waals surface area (Å²) in [5.41, 5.74) is 5.38. The zero-order chi connectivity index (χ0) is 17.7. The average molecular weight is 345 g/mol. The van der Waals surface area contributed by atoms with Crippen LogP contribution in [0.3, 0.4) is 0 Å². The monoisotopic (exact) mass is 345 g/mol. The molecule has 0 radical (unpaired) electrons. The third-order valence-corrected chi connectivity index (χ3v) is 4.52. The highest BCUT2D eigenvalue weighted by Crippen LogP contribution is 2.38. The lowest BCUT2D eigenvalue weighted by Gasteiger charge is -2.07. The van der Waals surface area contributed by atoms with Gasteiger partial charge in [-0.15, -0.1) is 10.2 Å². The third kappa shape index (κ3) is 2.16. The number of carbonyl (C=O) groups is 1. The Morgan fingerprint density at radius 1 is 1.04 bits per heavy atom. The first-order valence-corrected chi connectivity index (χ1v) is 8.22. The highest BCUT2D eigenvalue weighted by atomic mass is 16.1. The number of benzene rings is 2. The normalized spacial score (nSPS) is 13.3. The first-order valence-electron chi connectivity index (χ1n) is 8.22. The van der Waals surface area contributed by atoms with Crippen LogP contribution in [0.25, 0.3) is 33.5 Å². The fourth-order valence-corrected chi connectivity index (χ4v) is 3.32. The molecule has 2 aromatic carbocycles. The molecule has 2 aromatic heterocycles. The Kier molecular flexibility index (Phi) is 3.05. The number of anilines is 1. The quantitative estimate of drug-likeness (QED) is 0.517. The van der Waals surface area contributed by atoms with Gasteiger partial charge in [0.2, 0.25) is 5.82 Å². The van der Waals surface area contributed by atoms with Crippen LogP contribution in [0.1, 0.15) is 10.4 Å². The third-order valence-electron chi connectivity index (χ3n) is 4.52. The highest BCUT2D eigenvalue weighted by molar-refractivity contribution is 6.15. The van der Waals surface area contributed by atoms with E-state index >= 15 is 0 Å². The van der Waals surface area contributed by atoms with E-state index < -0.39 is 0 Å². The molecular weight excluding hydrogens is 330 g/mol. The maximum atomic E-state index is 12.3. The van der Waals surface area contributed by atoms with Crippen LogP contribution in [0.15, 0.2) is 42.5 Å². The minimum absolute atomic E-state index is 0.0727. The number of amides is 1. The number of aromatic nitrogens is 5. The second kappa shape index (κ2) is 5.41. The number of rotatable bonds is 2. The molecule has 1 amide bonds. The summed E-state index contributed by atoms with van der Waals surface area (Å²) in [6.07, 6.45) is 0. The number of tetrazole rings is 1. The molecular formula is C18H15N7O. The van der Waals surface area contributed by atoms with Crippen LogP contribution in [0.4, 0.5) is 5.69 Å². The molecule has 1 aliphatic rings. The molecule has 26 heavy (non-hydrogen) atoms. The second-order valence-corrected chi connectivity index (χ2v) is 6.14. The Morgan fingerprint density at radius 2 is 1.85 bits per heavy atom. The van der Waals surface area contributed by atoms with Crippen LogP contribution in [0.5, 0.6) is 0 Å². The SMILES string of the molecule is Cn1nnc(-c2ccc(-c3[nH]c4cccc5c4c3NCNC5=O)cc2)n1. The van der Waals surface area contributed by atoms with Gasteiger partial charge in [-0.1, -0.05) is 30.3 Å². The molecule has 0 saturated heterocycles. The van der Waals surface area contributed by atoms with Crippen LogP contribution in [0, 0.1) is 0 Å². The number of nitrogens with one attached hydrogen (secondary N) is 3. The first kappa shape index (κ1) is 14.6. The van der Waals surface area contributed by atoms with Crippen molar-refractivity contribution in [2.24, 2.45) is 7.05 Å². The predicted octanol–water partition coefficient (Wildman–Crippen LogP) is 2.14. The van der Waals surface area contributed by atoms with Gasteiger partial charge < -0.3 is 15.6 Å². The Labute approximate surface area is 148 Å². The molecule has 0 unspecified atom stereocenters. The number of aryl methyl sites for hydroxylation is 1. The summed E-state index contributed by atoms with van der Waals surface area (Å²) in [6, 6.07) is 13.6. The summed E-state index contributed by atoms with van der Waals surface area (Å²) in [5, 5.41) is 19.2. The lowest BCUT2D eigenvalue weighted by molar-refractivity contribution is 0.0959. The van der Waals surface area contributed by atoms with E-state index in [1.165, 1.54) is 4.80 Å². The molecule has 1 aliphatic heterocycles. The van der Waals surface area contributed by atoms with Gasteiger partial charge in [-0.3, -0.25) is 4.79 Å². The highest BCUT2D eigenvalue weighted by Gasteiger charge is 2.21. The van der Waals surface area contributed by atoms with Crippen LogP contribution in [-0.4, -0.2) is 37.8 Å². The number of carbonyl (C=O) groups excluding carboxylic acids is 1. The van der Waals surface area contributed by atoms with Crippen molar-refractivity contribution >= 4 is 22.5 Å². The van der Waals surface area contributed by atoms with Crippen LogP contribution >= 0.6 is 0 Å². The van der Waals surface area contributed by atoms with Gasteiger partial charge in [0.05, 0.1) is 30.7 Å². The summed E-state index contributed by atoms with van der Waals surface area (Å²) in [4.78, 5) is 17.1. The van der Waals surface area contributed by atoms with Gasteiger partial charge in [0, 0.05) is 22.0 Å². The average Bonchev–Trinajstić information content (AvgIpc) is 3.21. The van der Waals surface area contributed by atoms with Gasteiger partial charge in [-0.25, -0.2) is 0 Å². The molecule has 0 atom stereocenters. The number of aromatic amines is 1. The minimum atomic E-state index is -0.0727. The predicted molar refractivity (Wildman–Crippen MR) is 97.5 cm³/mol. The maximum absolute atomic E-state index is 12.3. The molecule has 0 fully saturated rings. The van der Waals surface area contributed by atoms with Crippen LogP contribution < -0.4 is 10.6 Å². The lowest BCUT2D eigenvalue weighted by atomic mass is 10.0. The zero-order valence-electron chi connectivity index (χ0n) is 13.9. The van der Waals surface area contributed by atoms with E-state index in [1.807, 2.05) is 42.5 Å². The van der Waals surface area contributed by atoms with E-state index in [0.717, 1.165) is 33.4 Å². The van der Waals surface area contributed by atoms with Crippen LogP contribution in [-0.2, 0) is 7.05 Å². The van der Waals surface area contributed by atoms with Gasteiger partial charge in [-0.2, -0.15) is 4.80 Å². The molecule has 4 aromatic rings. The fourth-order valence-electron chi connectivity index (χ4n) is 3.32. The van der Waals surface area contributed by atoms with Gasteiger partial charge in [0.25, 0.3) is 5.91 Å². The van der Waals surface area contributed by atoms with Gasteiger partial charge >= 0.3 is 0 Å².